The molecule has 0 unspecified atom stereocenters. The molecule has 1 aromatic heterocycles. The number of halogens is 1. The lowest BCUT2D eigenvalue weighted by Crippen LogP contribution is -1.95. The first-order valence-electron chi connectivity index (χ1n) is 4.98. The van der Waals surface area contributed by atoms with Gasteiger partial charge in [-0.1, -0.05) is 11.6 Å². The van der Waals surface area contributed by atoms with Gasteiger partial charge in [0.25, 0.3) is 0 Å². The predicted molar refractivity (Wildman–Crippen MR) is 64.1 cm³/mol. The fourth-order valence-electron chi connectivity index (χ4n) is 1.70. The molecule has 0 aliphatic carbocycles. The van der Waals surface area contributed by atoms with Crippen LogP contribution in [0.3, 0.4) is 0 Å². The largest absolute Gasteiger partial charge is 0.497 e. The van der Waals surface area contributed by atoms with Gasteiger partial charge in [-0.15, -0.1) is 0 Å². The smallest absolute Gasteiger partial charge is 0.119 e. The number of hydrogen-bond donors (Lipinski definition) is 1. The van der Waals surface area contributed by atoms with E-state index in [2.05, 4.69) is 4.98 Å². The van der Waals surface area contributed by atoms with Crippen molar-refractivity contribution in [2.24, 2.45) is 0 Å². The summed E-state index contributed by atoms with van der Waals surface area (Å²) >= 11 is 6.06. The summed E-state index contributed by atoms with van der Waals surface area (Å²) in [5.74, 6) is 0.760. The molecule has 84 valence electrons. The van der Waals surface area contributed by atoms with Gasteiger partial charge < -0.3 is 9.84 Å². The zero-order valence-electron chi connectivity index (χ0n) is 8.90. The lowest BCUT2D eigenvalue weighted by molar-refractivity contribution is 0.300. The van der Waals surface area contributed by atoms with E-state index < -0.39 is 0 Å². The summed E-state index contributed by atoms with van der Waals surface area (Å²) in [6.45, 7) is 0.0655. The molecule has 16 heavy (non-hydrogen) atoms. The van der Waals surface area contributed by atoms with Crippen LogP contribution in [-0.4, -0.2) is 23.8 Å². The monoisotopic (exact) mass is 237 g/mol. The molecule has 1 aromatic carbocycles. The highest BCUT2D eigenvalue weighted by Crippen LogP contribution is 2.27. The van der Waals surface area contributed by atoms with E-state index in [1.165, 1.54) is 0 Å². The fraction of sp³-hybridized carbons (Fsp3) is 0.250. The standard InChI is InChI=1S/C12H12ClNO2/c1-16-8-2-3-12-10(6-8)9(4-5-15)11(13)7-14-12/h2-3,6-7,15H,4-5H2,1H3. The molecule has 2 rings (SSSR count). The van der Waals surface area contributed by atoms with Crippen LogP contribution in [0.15, 0.2) is 24.4 Å². The number of aromatic nitrogens is 1. The summed E-state index contributed by atoms with van der Waals surface area (Å²) in [7, 11) is 1.62. The SMILES string of the molecule is COc1ccc2ncc(Cl)c(CCO)c2c1. The lowest BCUT2D eigenvalue weighted by Gasteiger charge is -2.08. The average Bonchev–Trinajstić information content (AvgIpc) is 2.32. The van der Waals surface area contributed by atoms with E-state index in [9.17, 15) is 0 Å². The minimum absolute atomic E-state index is 0.0655. The molecule has 1 heterocycles. The molecule has 4 heteroatoms. The molecule has 0 aliphatic rings. The molecule has 0 fully saturated rings. The van der Waals surface area contributed by atoms with Crippen molar-refractivity contribution in [3.8, 4) is 5.75 Å². The Labute approximate surface area is 98.6 Å². The Hall–Kier alpha value is -1.32. The minimum Gasteiger partial charge on any atom is -0.497 e. The second-order valence-electron chi connectivity index (χ2n) is 3.44. The van der Waals surface area contributed by atoms with Crippen molar-refractivity contribution in [1.82, 2.24) is 4.98 Å². The summed E-state index contributed by atoms with van der Waals surface area (Å²) in [5, 5.41) is 10.5. The summed E-state index contributed by atoms with van der Waals surface area (Å²) in [4.78, 5) is 4.23. The van der Waals surface area contributed by atoms with Gasteiger partial charge in [-0.25, -0.2) is 0 Å². The van der Waals surface area contributed by atoms with E-state index in [0.717, 1.165) is 22.2 Å². The number of ether oxygens (including phenoxy) is 1. The number of hydrogen-bond acceptors (Lipinski definition) is 3. The van der Waals surface area contributed by atoms with Crippen LogP contribution in [0.4, 0.5) is 0 Å². The Kier molecular flexibility index (Phi) is 3.27. The van der Waals surface area contributed by atoms with E-state index in [0.29, 0.717) is 11.4 Å². The van der Waals surface area contributed by atoms with Crippen molar-refractivity contribution in [1.29, 1.82) is 0 Å². The number of aliphatic hydroxyl groups excluding tert-OH is 1. The first-order chi connectivity index (χ1) is 7.76. The van der Waals surface area contributed by atoms with Crippen molar-refractivity contribution >= 4 is 22.5 Å². The first-order valence-corrected chi connectivity index (χ1v) is 5.36. The van der Waals surface area contributed by atoms with Gasteiger partial charge in [0.2, 0.25) is 0 Å². The van der Waals surface area contributed by atoms with E-state index >= 15 is 0 Å². The Morgan fingerprint density at radius 1 is 1.44 bits per heavy atom. The number of nitrogens with zero attached hydrogens (tertiary/aromatic N) is 1. The number of rotatable bonds is 3. The molecule has 3 nitrogen and oxygen atoms in total. The van der Waals surface area contributed by atoms with Crippen molar-refractivity contribution in [3.05, 3.63) is 35.0 Å². The van der Waals surface area contributed by atoms with Gasteiger partial charge >= 0.3 is 0 Å². The maximum absolute atomic E-state index is 9.02. The highest BCUT2D eigenvalue weighted by atomic mass is 35.5. The molecule has 0 aliphatic heterocycles. The lowest BCUT2D eigenvalue weighted by atomic mass is 10.1. The molecule has 0 radical (unpaired) electrons. The number of methoxy groups -OCH3 is 1. The third-order valence-corrected chi connectivity index (χ3v) is 2.82. The predicted octanol–water partition coefficient (Wildman–Crippen LogP) is 2.43. The molecular weight excluding hydrogens is 226 g/mol. The van der Waals surface area contributed by atoms with Gasteiger partial charge in [0.05, 0.1) is 17.6 Å². The first kappa shape index (κ1) is 11.2. The van der Waals surface area contributed by atoms with Gasteiger partial charge in [-0.05, 0) is 30.2 Å². The van der Waals surface area contributed by atoms with Crippen LogP contribution >= 0.6 is 11.6 Å². The van der Waals surface area contributed by atoms with Crippen LogP contribution in [0.2, 0.25) is 5.02 Å². The van der Waals surface area contributed by atoms with E-state index in [1.807, 2.05) is 18.2 Å². The molecule has 0 saturated heterocycles. The maximum atomic E-state index is 9.02. The summed E-state index contributed by atoms with van der Waals surface area (Å²) in [6.07, 6.45) is 2.13. The van der Waals surface area contributed by atoms with Crippen LogP contribution < -0.4 is 4.74 Å². The normalized spacial score (nSPS) is 10.7. The molecule has 0 amide bonds. The Morgan fingerprint density at radius 2 is 2.25 bits per heavy atom. The van der Waals surface area contributed by atoms with Crippen LogP contribution in [-0.2, 0) is 6.42 Å². The maximum Gasteiger partial charge on any atom is 0.119 e. The molecule has 0 atom stereocenters. The fourth-order valence-corrected chi connectivity index (χ4v) is 1.94. The zero-order chi connectivity index (χ0) is 11.5. The molecule has 0 saturated carbocycles. The molecule has 2 aromatic rings. The highest BCUT2D eigenvalue weighted by molar-refractivity contribution is 6.32. The zero-order valence-corrected chi connectivity index (χ0v) is 9.66. The van der Waals surface area contributed by atoms with Crippen molar-refractivity contribution < 1.29 is 9.84 Å². The molecular formula is C12H12ClNO2. The Balaban J connectivity index is 2.67. The third kappa shape index (κ3) is 1.96. The third-order valence-electron chi connectivity index (χ3n) is 2.50. The van der Waals surface area contributed by atoms with Gasteiger partial charge in [-0.3, -0.25) is 4.98 Å². The average molecular weight is 238 g/mol. The van der Waals surface area contributed by atoms with Gasteiger partial charge in [0.1, 0.15) is 5.75 Å². The van der Waals surface area contributed by atoms with Crippen molar-refractivity contribution in [2.75, 3.05) is 13.7 Å². The second kappa shape index (κ2) is 4.68. The topological polar surface area (TPSA) is 42.4 Å². The summed E-state index contributed by atoms with van der Waals surface area (Å²) in [6, 6.07) is 5.62. The van der Waals surface area contributed by atoms with Crippen LogP contribution in [0.5, 0.6) is 5.75 Å². The number of benzene rings is 1. The van der Waals surface area contributed by atoms with Crippen LogP contribution in [0, 0.1) is 0 Å². The van der Waals surface area contributed by atoms with E-state index in [4.69, 9.17) is 21.4 Å². The highest BCUT2D eigenvalue weighted by Gasteiger charge is 2.07. The Morgan fingerprint density at radius 3 is 2.94 bits per heavy atom. The van der Waals surface area contributed by atoms with Gasteiger partial charge in [0, 0.05) is 18.2 Å². The van der Waals surface area contributed by atoms with Crippen molar-refractivity contribution in [3.63, 3.8) is 0 Å². The second-order valence-corrected chi connectivity index (χ2v) is 3.85. The number of aliphatic hydroxyl groups is 1. The quantitative estimate of drug-likeness (QED) is 0.892. The van der Waals surface area contributed by atoms with Gasteiger partial charge in [0.15, 0.2) is 0 Å². The molecule has 0 bridgehead atoms. The van der Waals surface area contributed by atoms with E-state index in [1.54, 1.807) is 13.3 Å². The summed E-state index contributed by atoms with van der Waals surface area (Å²) < 4.78 is 5.16. The minimum atomic E-state index is 0.0655. The van der Waals surface area contributed by atoms with E-state index in [-0.39, 0.29) is 6.61 Å². The van der Waals surface area contributed by atoms with Gasteiger partial charge in [-0.2, -0.15) is 0 Å². The number of pyridine rings is 1. The summed E-state index contributed by atoms with van der Waals surface area (Å²) in [5.41, 5.74) is 1.77. The van der Waals surface area contributed by atoms with Crippen molar-refractivity contribution in [2.45, 2.75) is 6.42 Å². The molecule has 1 N–H and O–H groups in total. The van der Waals surface area contributed by atoms with Crippen LogP contribution in [0.25, 0.3) is 10.9 Å². The number of fused-ring (bicyclic) bond motifs is 1. The van der Waals surface area contributed by atoms with Crippen LogP contribution in [0.1, 0.15) is 5.56 Å². The Bertz CT molecular complexity index is 514. The molecule has 0 spiro atoms.